The second-order valence-electron chi connectivity index (χ2n) is 12.5. The Kier molecular flexibility index (Phi) is 12.8. The van der Waals surface area contributed by atoms with Gasteiger partial charge in [-0.05, 0) is 47.7 Å². The van der Waals surface area contributed by atoms with E-state index in [1.54, 1.807) is 24.3 Å². The largest absolute Gasteiger partial charge is 0.492 e. The van der Waals surface area contributed by atoms with E-state index in [1.165, 1.54) is 39.2 Å². The van der Waals surface area contributed by atoms with E-state index in [0.717, 1.165) is 17.5 Å². The number of hydrogen-bond donors (Lipinski definition) is 1. The van der Waals surface area contributed by atoms with E-state index in [4.69, 9.17) is 9.47 Å². The minimum atomic E-state index is -0.711. The van der Waals surface area contributed by atoms with Gasteiger partial charge in [0.15, 0.2) is 5.78 Å². The summed E-state index contributed by atoms with van der Waals surface area (Å²) in [7, 11) is 1.36. The van der Waals surface area contributed by atoms with E-state index in [-0.39, 0.29) is 11.7 Å². The van der Waals surface area contributed by atoms with Crippen LogP contribution in [-0.4, -0.2) is 48.9 Å². The smallest absolute Gasteiger partial charge is 0.328 e. The maximum absolute atomic E-state index is 13.3. The van der Waals surface area contributed by atoms with Crippen LogP contribution >= 0.6 is 0 Å². The lowest BCUT2D eigenvalue weighted by molar-refractivity contribution is -0.141. The lowest BCUT2D eigenvalue weighted by atomic mass is 9.86. The number of ether oxygens (including phenoxy) is 2. The molecule has 1 N–H and O–H groups in total. The van der Waals surface area contributed by atoms with Crippen molar-refractivity contribution < 1.29 is 23.9 Å². The molecule has 1 atom stereocenters. The summed E-state index contributed by atoms with van der Waals surface area (Å²) in [5.74, 6) is 0.976. The number of para-hydroxylation sites is 1. The zero-order chi connectivity index (χ0) is 33.6. The van der Waals surface area contributed by atoms with Gasteiger partial charge < -0.3 is 19.7 Å². The van der Waals surface area contributed by atoms with E-state index < -0.39 is 12.0 Å². The molecule has 1 aliphatic carbocycles. The van der Waals surface area contributed by atoms with E-state index in [0.29, 0.717) is 61.0 Å². The summed E-state index contributed by atoms with van der Waals surface area (Å²) in [5.41, 5.74) is 3.63. The number of benzene rings is 4. The standard InChI is InChI=1S/C41H46N2O5/c1-47-41(46)38(42-37-20-12-11-19-36(37)40(45)34-17-9-4-10-18-34)29-32-21-24-35(25-22-32)48-28-27-43(30-33-15-7-3-8-16-33)39(44)26-23-31-13-5-2-6-14-31/h3-4,7-12,15-22,24-25,31,38,42H,2,5-6,13-14,23,26-30H2,1H3/t38-/m0/s1. The van der Waals surface area contributed by atoms with Crippen molar-refractivity contribution in [2.45, 2.75) is 64.0 Å². The van der Waals surface area contributed by atoms with Gasteiger partial charge >= 0.3 is 5.97 Å². The van der Waals surface area contributed by atoms with Gasteiger partial charge in [0.2, 0.25) is 5.91 Å². The van der Waals surface area contributed by atoms with E-state index >= 15 is 0 Å². The molecule has 0 unspecified atom stereocenters. The van der Waals surface area contributed by atoms with Crippen molar-refractivity contribution in [1.29, 1.82) is 0 Å². The molecule has 0 spiro atoms. The second-order valence-corrected chi connectivity index (χ2v) is 12.5. The van der Waals surface area contributed by atoms with Crippen molar-refractivity contribution in [1.82, 2.24) is 4.90 Å². The average Bonchev–Trinajstić information content (AvgIpc) is 3.14. The summed E-state index contributed by atoms with van der Waals surface area (Å²) in [6.07, 6.45) is 8.24. The number of carbonyl (C=O) groups excluding carboxylic acids is 3. The number of carbonyl (C=O) groups is 3. The first-order valence-corrected chi connectivity index (χ1v) is 17.1. The van der Waals surface area contributed by atoms with Crippen LogP contribution in [0.5, 0.6) is 5.75 Å². The number of hydrogen-bond acceptors (Lipinski definition) is 6. The van der Waals surface area contributed by atoms with Crippen molar-refractivity contribution in [2.24, 2.45) is 5.92 Å². The van der Waals surface area contributed by atoms with Crippen LogP contribution in [0.25, 0.3) is 0 Å². The van der Waals surface area contributed by atoms with E-state index in [9.17, 15) is 14.4 Å². The Bertz CT molecular complexity index is 1600. The van der Waals surface area contributed by atoms with Crippen molar-refractivity contribution in [3.63, 3.8) is 0 Å². The molecule has 0 heterocycles. The zero-order valence-electron chi connectivity index (χ0n) is 27.8. The fraction of sp³-hybridized carbons (Fsp3) is 0.341. The van der Waals surface area contributed by atoms with Crippen LogP contribution in [0, 0.1) is 5.92 Å². The molecular weight excluding hydrogens is 600 g/mol. The maximum atomic E-state index is 13.3. The first-order chi connectivity index (χ1) is 23.5. The number of methoxy groups -OCH3 is 1. The lowest BCUT2D eigenvalue weighted by Crippen LogP contribution is -2.34. The molecule has 0 aliphatic heterocycles. The molecule has 1 saturated carbocycles. The first kappa shape index (κ1) is 34.4. The van der Waals surface area contributed by atoms with Crippen LogP contribution < -0.4 is 10.1 Å². The summed E-state index contributed by atoms with van der Waals surface area (Å²) in [5, 5.41) is 3.26. The third kappa shape index (κ3) is 10.0. The molecular formula is C41H46N2O5. The number of esters is 1. The number of rotatable bonds is 16. The van der Waals surface area contributed by atoms with Gasteiger partial charge in [0.1, 0.15) is 18.4 Å². The summed E-state index contributed by atoms with van der Waals surface area (Å²) < 4.78 is 11.2. The van der Waals surface area contributed by atoms with Crippen molar-refractivity contribution >= 4 is 23.3 Å². The highest BCUT2D eigenvalue weighted by molar-refractivity contribution is 6.12. The van der Waals surface area contributed by atoms with Crippen molar-refractivity contribution in [2.75, 3.05) is 25.6 Å². The Morgan fingerprint density at radius 2 is 1.46 bits per heavy atom. The molecule has 0 aromatic heterocycles. The van der Waals surface area contributed by atoms with Gasteiger partial charge in [-0.1, -0.05) is 117 Å². The van der Waals surface area contributed by atoms with Crippen molar-refractivity contribution in [3.05, 3.63) is 131 Å². The summed E-state index contributed by atoms with van der Waals surface area (Å²) in [6, 6.07) is 33.2. The predicted molar refractivity (Wildman–Crippen MR) is 189 cm³/mol. The SMILES string of the molecule is COC(=O)[C@H](Cc1ccc(OCCN(Cc2ccccc2)C(=O)CCC2CCCCC2)cc1)Nc1ccccc1C(=O)c1ccccc1. The molecule has 5 rings (SSSR count). The molecule has 0 saturated heterocycles. The molecule has 7 nitrogen and oxygen atoms in total. The number of nitrogens with zero attached hydrogens (tertiary/aromatic N) is 1. The predicted octanol–water partition coefficient (Wildman–Crippen LogP) is 7.88. The summed E-state index contributed by atoms with van der Waals surface area (Å²) >= 11 is 0. The zero-order valence-corrected chi connectivity index (χ0v) is 27.8. The Morgan fingerprint density at radius 3 is 2.17 bits per heavy atom. The van der Waals surface area contributed by atoms with Gasteiger partial charge in [-0.2, -0.15) is 0 Å². The Labute approximate surface area is 284 Å². The normalized spacial score (nSPS) is 13.7. The second kappa shape index (κ2) is 17.9. The number of amides is 1. The lowest BCUT2D eigenvalue weighted by Gasteiger charge is -2.25. The molecule has 1 amide bonds. The highest BCUT2D eigenvalue weighted by Gasteiger charge is 2.23. The molecule has 0 radical (unpaired) electrons. The summed E-state index contributed by atoms with van der Waals surface area (Å²) in [4.78, 5) is 41.3. The third-order valence-electron chi connectivity index (χ3n) is 9.08. The topological polar surface area (TPSA) is 84.9 Å². The summed E-state index contributed by atoms with van der Waals surface area (Å²) in [6.45, 7) is 1.43. The molecule has 250 valence electrons. The maximum Gasteiger partial charge on any atom is 0.328 e. The fourth-order valence-corrected chi connectivity index (χ4v) is 6.36. The fourth-order valence-electron chi connectivity index (χ4n) is 6.36. The van der Waals surface area contributed by atoms with Gasteiger partial charge in [-0.3, -0.25) is 9.59 Å². The minimum Gasteiger partial charge on any atom is -0.492 e. The Balaban J connectivity index is 1.18. The highest BCUT2D eigenvalue weighted by atomic mass is 16.5. The van der Waals surface area contributed by atoms with Crippen LogP contribution in [0.15, 0.2) is 109 Å². The first-order valence-electron chi connectivity index (χ1n) is 17.1. The average molecular weight is 647 g/mol. The molecule has 4 aromatic rings. The van der Waals surface area contributed by atoms with Gasteiger partial charge in [0.05, 0.1) is 13.7 Å². The van der Waals surface area contributed by atoms with Crippen LogP contribution in [-0.2, 0) is 27.3 Å². The van der Waals surface area contributed by atoms with Crippen LogP contribution in [0.4, 0.5) is 5.69 Å². The van der Waals surface area contributed by atoms with Gasteiger partial charge in [0, 0.05) is 36.2 Å². The number of anilines is 1. The quantitative estimate of drug-likeness (QED) is 0.0985. The van der Waals surface area contributed by atoms with Gasteiger partial charge in [-0.15, -0.1) is 0 Å². The van der Waals surface area contributed by atoms with Gasteiger partial charge in [0.25, 0.3) is 0 Å². The minimum absolute atomic E-state index is 0.128. The Morgan fingerprint density at radius 1 is 0.792 bits per heavy atom. The van der Waals surface area contributed by atoms with Gasteiger partial charge in [-0.25, -0.2) is 4.79 Å². The van der Waals surface area contributed by atoms with Crippen LogP contribution in [0.1, 0.15) is 72.0 Å². The van der Waals surface area contributed by atoms with Crippen LogP contribution in [0.2, 0.25) is 0 Å². The highest BCUT2D eigenvalue weighted by Crippen LogP contribution is 2.28. The molecule has 4 aromatic carbocycles. The van der Waals surface area contributed by atoms with E-state index in [1.807, 2.05) is 77.7 Å². The van der Waals surface area contributed by atoms with Crippen LogP contribution in [0.3, 0.4) is 0 Å². The Hall–Kier alpha value is -4.91. The molecule has 7 heteroatoms. The third-order valence-corrected chi connectivity index (χ3v) is 9.08. The number of ketones is 1. The molecule has 1 aliphatic rings. The molecule has 0 bridgehead atoms. The van der Waals surface area contributed by atoms with E-state index in [2.05, 4.69) is 17.4 Å². The number of nitrogens with one attached hydrogen (secondary N) is 1. The molecule has 1 fully saturated rings. The van der Waals surface area contributed by atoms with Crippen molar-refractivity contribution in [3.8, 4) is 5.75 Å². The monoisotopic (exact) mass is 646 g/mol. The molecule has 48 heavy (non-hydrogen) atoms.